The van der Waals surface area contributed by atoms with Crippen molar-refractivity contribution in [3.63, 3.8) is 0 Å². The summed E-state index contributed by atoms with van der Waals surface area (Å²) in [5.74, 6) is 1.08. The van der Waals surface area contributed by atoms with Crippen molar-refractivity contribution in [2.75, 3.05) is 33.0 Å². The van der Waals surface area contributed by atoms with Gasteiger partial charge in [-0.15, -0.1) is 0 Å². The highest BCUT2D eigenvalue weighted by Gasteiger charge is 2.24. The molecule has 0 amide bonds. The number of phenolic OH excluding ortho intramolecular Hbond substituents is 1. The molecule has 6 heteroatoms. The van der Waals surface area contributed by atoms with Crippen molar-refractivity contribution in [1.82, 2.24) is 0 Å². The normalized spacial score (nSPS) is 17.8. The van der Waals surface area contributed by atoms with Crippen molar-refractivity contribution in [2.45, 2.75) is 71.4 Å². The van der Waals surface area contributed by atoms with Gasteiger partial charge in [-0.05, 0) is 32.3 Å². The van der Waals surface area contributed by atoms with Crippen LogP contribution in [0.25, 0.3) is 21.5 Å². The van der Waals surface area contributed by atoms with E-state index in [1.54, 1.807) is 0 Å². The molecule has 3 aromatic rings. The zero-order valence-corrected chi connectivity index (χ0v) is 22.0. The van der Waals surface area contributed by atoms with Crippen LogP contribution in [0.1, 0.15) is 45.6 Å². The van der Waals surface area contributed by atoms with E-state index in [9.17, 15) is 5.11 Å². The van der Waals surface area contributed by atoms with E-state index in [0.29, 0.717) is 32.2 Å². The van der Waals surface area contributed by atoms with Crippen LogP contribution < -0.4 is 4.74 Å². The van der Waals surface area contributed by atoms with Crippen molar-refractivity contribution >= 4 is 21.5 Å². The van der Waals surface area contributed by atoms with Gasteiger partial charge in [0.2, 0.25) is 0 Å². The second-order valence-corrected chi connectivity index (χ2v) is 9.63. The van der Waals surface area contributed by atoms with E-state index in [1.165, 1.54) is 0 Å². The average Bonchev–Trinajstić information content (AvgIpc) is 3.73. The SMILES string of the molecule is CCC(COc1c2ccccc2c(O)c2cc(C)ccc12)OCC(CC)OCC(CC)OCC1CO1. The van der Waals surface area contributed by atoms with Gasteiger partial charge in [-0.3, -0.25) is 0 Å². The number of aryl methyl sites for hydroxylation is 1. The highest BCUT2D eigenvalue weighted by molar-refractivity contribution is 6.10. The van der Waals surface area contributed by atoms with Gasteiger partial charge in [0.1, 0.15) is 24.2 Å². The van der Waals surface area contributed by atoms with Crippen LogP contribution in [0.3, 0.4) is 0 Å². The van der Waals surface area contributed by atoms with Gasteiger partial charge in [-0.1, -0.05) is 62.7 Å². The summed E-state index contributed by atoms with van der Waals surface area (Å²) in [6.07, 6.45) is 2.88. The molecule has 0 radical (unpaired) electrons. The van der Waals surface area contributed by atoms with Crippen LogP contribution in [0.15, 0.2) is 42.5 Å². The number of hydrogen-bond donors (Lipinski definition) is 1. The van der Waals surface area contributed by atoms with Gasteiger partial charge in [0.25, 0.3) is 0 Å². The van der Waals surface area contributed by atoms with E-state index in [1.807, 2.05) is 49.4 Å². The molecule has 0 bridgehead atoms. The Balaban J connectivity index is 1.38. The lowest BCUT2D eigenvalue weighted by molar-refractivity contribution is -0.0886. The van der Waals surface area contributed by atoms with Crippen LogP contribution in [0.5, 0.6) is 11.5 Å². The van der Waals surface area contributed by atoms with Gasteiger partial charge < -0.3 is 28.8 Å². The predicted octanol–water partition coefficient (Wildman–Crippen LogP) is 6.17. The maximum atomic E-state index is 10.9. The second kappa shape index (κ2) is 12.7. The first-order valence-electron chi connectivity index (χ1n) is 13.3. The van der Waals surface area contributed by atoms with E-state index >= 15 is 0 Å². The molecule has 36 heavy (non-hydrogen) atoms. The molecular weight excluding hydrogens is 456 g/mol. The molecule has 4 unspecified atom stereocenters. The molecule has 1 fully saturated rings. The van der Waals surface area contributed by atoms with Crippen molar-refractivity contribution in [1.29, 1.82) is 0 Å². The number of epoxide rings is 1. The molecule has 0 aliphatic carbocycles. The topological polar surface area (TPSA) is 69.7 Å². The summed E-state index contributed by atoms with van der Waals surface area (Å²) in [4.78, 5) is 0. The van der Waals surface area contributed by atoms with E-state index in [2.05, 4.69) is 20.8 Å². The molecule has 1 aliphatic rings. The Morgan fingerprint density at radius 1 is 0.806 bits per heavy atom. The monoisotopic (exact) mass is 496 g/mol. The number of aromatic hydroxyl groups is 1. The van der Waals surface area contributed by atoms with Gasteiger partial charge in [0, 0.05) is 21.5 Å². The third-order valence-electron chi connectivity index (χ3n) is 6.84. The van der Waals surface area contributed by atoms with Crippen molar-refractivity contribution in [2.24, 2.45) is 0 Å². The minimum Gasteiger partial charge on any atom is -0.507 e. The molecule has 1 saturated heterocycles. The standard InChI is InChI=1S/C30H40O6/c1-5-21(32-16-22(6-2)34-18-24-19-35-24)15-33-23(7-3)17-36-30-26-11-9-8-10-25(26)29(31)28-14-20(4)12-13-27(28)30/h8-14,21-24,31H,5-7,15-19H2,1-4H3. The van der Waals surface area contributed by atoms with Gasteiger partial charge in [0.05, 0.1) is 44.7 Å². The Hall–Kier alpha value is -2.38. The number of fused-ring (bicyclic) bond motifs is 2. The molecule has 1 heterocycles. The number of phenols is 1. The Morgan fingerprint density at radius 3 is 2.03 bits per heavy atom. The van der Waals surface area contributed by atoms with E-state index in [0.717, 1.165) is 58.7 Å². The lowest BCUT2D eigenvalue weighted by atomic mass is 9.99. The minimum absolute atomic E-state index is 0.00665. The van der Waals surface area contributed by atoms with Gasteiger partial charge in [-0.2, -0.15) is 0 Å². The molecule has 1 aliphatic heterocycles. The van der Waals surface area contributed by atoms with Gasteiger partial charge in [0.15, 0.2) is 0 Å². The van der Waals surface area contributed by atoms with Crippen molar-refractivity contribution in [3.8, 4) is 11.5 Å². The molecule has 196 valence electrons. The average molecular weight is 497 g/mol. The van der Waals surface area contributed by atoms with Gasteiger partial charge >= 0.3 is 0 Å². The quantitative estimate of drug-likeness (QED) is 0.200. The van der Waals surface area contributed by atoms with E-state index in [4.69, 9.17) is 23.7 Å². The summed E-state index contributed by atoms with van der Waals surface area (Å²) >= 11 is 0. The third kappa shape index (κ3) is 6.68. The maximum absolute atomic E-state index is 10.9. The van der Waals surface area contributed by atoms with E-state index in [-0.39, 0.29) is 24.4 Å². The third-order valence-corrected chi connectivity index (χ3v) is 6.84. The molecule has 4 rings (SSSR count). The van der Waals surface area contributed by atoms with Crippen LogP contribution in [0.4, 0.5) is 0 Å². The van der Waals surface area contributed by atoms with Crippen molar-refractivity contribution < 1.29 is 28.8 Å². The smallest absolute Gasteiger partial charge is 0.135 e. The summed E-state index contributed by atoms with van der Waals surface area (Å²) in [6.45, 7) is 11.3. The second-order valence-electron chi connectivity index (χ2n) is 9.63. The zero-order valence-electron chi connectivity index (χ0n) is 22.0. The fraction of sp³-hybridized carbons (Fsp3) is 0.533. The van der Waals surface area contributed by atoms with E-state index < -0.39 is 0 Å². The van der Waals surface area contributed by atoms with Gasteiger partial charge in [-0.25, -0.2) is 0 Å². The van der Waals surface area contributed by atoms with Crippen LogP contribution >= 0.6 is 0 Å². The number of hydrogen-bond acceptors (Lipinski definition) is 6. The zero-order chi connectivity index (χ0) is 25.5. The first kappa shape index (κ1) is 26.7. The lowest BCUT2D eigenvalue weighted by Gasteiger charge is -2.24. The molecular formula is C30H40O6. The molecule has 3 aromatic carbocycles. The predicted molar refractivity (Wildman–Crippen MR) is 143 cm³/mol. The highest BCUT2D eigenvalue weighted by atomic mass is 16.6. The first-order chi connectivity index (χ1) is 17.5. The number of rotatable bonds is 15. The number of benzene rings is 3. The Bertz CT molecular complexity index is 1130. The van der Waals surface area contributed by atoms with Crippen LogP contribution in [-0.2, 0) is 18.9 Å². The molecule has 0 aromatic heterocycles. The maximum Gasteiger partial charge on any atom is 0.135 e. The molecule has 0 saturated carbocycles. The largest absolute Gasteiger partial charge is 0.507 e. The first-order valence-corrected chi connectivity index (χ1v) is 13.3. The van der Waals surface area contributed by atoms with Crippen LogP contribution in [0.2, 0.25) is 0 Å². The summed E-state index contributed by atoms with van der Waals surface area (Å²) in [6, 6.07) is 13.9. The molecule has 0 spiro atoms. The van der Waals surface area contributed by atoms with Crippen LogP contribution in [-0.4, -0.2) is 62.6 Å². The van der Waals surface area contributed by atoms with Crippen LogP contribution in [0, 0.1) is 6.92 Å². The molecule has 4 atom stereocenters. The Labute approximate surface area is 214 Å². The summed E-state index contributed by atoms with van der Waals surface area (Å²) in [7, 11) is 0. The Morgan fingerprint density at radius 2 is 1.39 bits per heavy atom. The lowest BCUT2D eigenvalue weighted by Crippen LogP contribution is -2.30. The summed E-state index contributed by atoms with van der Waals surface area (Å²) in [5, 5.41) is 14.3. The fourth-order valence-electron chi connectivity index (χ4n) is 4.31. The van der Waals surface area contributed by atoms with Crippen molar-refractivity contribution in [3.05, 3.63) is 48.0 Å². The summed E-state index contributed by atoms with van der Waals surface area (Å²) in [5.41, 5.74) is 1.09. The molecule has 1 N–H and O–H groups in total. The Kier molecular flexibility index (Phi) is 9.43. The fourth-order valence-corrected chi connectivity index (χ4v) is 4.31. The summed E-state index contributed by atoms with van der Waals surface area (Å²) < 4.78 is 29.9. The number of ether oxygens (including phenoxy) is 5. The highest BCUT2D eigenvalue weighted by Crippen LogP contribution is 2.42. The molecule has 6 nitrogen and oxygen atoms in total. The minimum atomic E-state index is -0.0686.